The van der Waals surface area contributed by atoms with Crippen molar-refractivity contribution in [3.05, 3.63) is 54.3 Å². The maximum atomic E-state index is 11.1. The van der Waals surface area contributed by atoms with Crippen LogP contribution in [0.2, 0.25) is 5.02 Å². The van der Waals surface area contributed by atoms with Gasteiger partial charge in [0.15, 0.2) is 0 Å². The summed E-state index contributed by atoms with van der Waals surface area (Å²) in [6.45, 7) is 14.2. The van der Waals surface area contributed by atoms with Gasteiger partial charge in [0.25, 0.3) is 0 Å². The molecule has 0 heterocycles. The second kappa shape index (κ2) is 19.6. The summed E-state index contributed by atoms with van der Waals surface area (Å²) in [5.41, 5.74) is 0. The molecular formula is C22H31ClO8. The lowest BCUT2D eigenvalue weighted by Gasteiger charge is -2.07. The van der Waals surface area contributed by atoms with Gasteiger partial charge in [0.2, 0.25) is 5.76 Å². The lowest BCUT2D eigenvalue weighted by atomic mass is 10.3. The molecule has 31 heavy (non-hydrogen) atoms. The van der Waals surface area contributed by atoms with E-state index in [2.05, 4.69) is 13.2 Å². The minimum atomic E-state index is -0.563. The van der Waals surface area contributed by atoms with Crippen molar-refractivity contribution in [2.75, 3.05) is 52.9 Å². The fourth-order valence-electron chi connectivity index (χ4n) is 1.74. The summed E-state index contributed by atoms with van der Waals surface area (Å²) in [5.74, 6) is -0.541. The molecule has 8 nitrogen and oxygen atoms in total. The summed E-state index contributed by atoms with van der Waals surface area (Å²) in [6.07, 6.45) is 1.12. The Morgan fingerprint density at radius 1 is 0.871 bits per heavy atom. The highest BCUT2D eigenvalue weighted by Crippen LogP contribution is 2.17. The number of rotatable bonds is 15. The Kier molecular flexibility index (Phi) is 18.1. The third-order valence-electron chi connectivity index (χ3n) is 3.14. The first kappa shape index (κ1) is 28.6. The number of carbonyl (C=O) groups excluding carboxylic acids is 2. The van der Waals surface area contributed by atoms with E-state index in [-0.39, 0.29) is 12.4 Å². The Morgan fingerprint density at radius 2 is 1.42 bits per heavy atom. The monoisotopic (exact) mass is 458 g/mol. The summed E-state index contributed by atoms with van der Waals surface area (Å²) in [5, 5.41) is 0.601. The predicted octanol–water partition coefficient (Wildman–Crippen LogP) is 3.58. The standard InChI is InChI=1S/C11H11ClO3.C11H20O5/c1-3-14-11(13)8(2)15-10-6-4-9(12)5-7-10;1-3-11(12)16-10-9-15-8-7-14-6-5-13-4-2/h4-7H,2-3H2,1H3;3H,1,4-10H2,2H3. The molecule has 0 aliphatic rings. The first-order valence-electron chi connectivity index (χ1n) is 9.76. The van der Waals surface area contributed by atoms with Gasteiger partial charge in [0, 0.05) is 17.7 Å². The van der Waals surface area contributed by atoms with E-state index in [0.29, 0.717) is 57.0 Å². The van der Waals surface area contributed by atoms with E-state index in [1.807, 2.05) is 6.92 Å². The summed E-state index contributed by atoms with van der Waals surface area (Å²) in [4.78, 5) is 21.8. The van der Waals surface area contributed by atoms with Crippen molar-refractivity contribution in [2.45, 2.75) is 13.8 Å². The van der Waals surface area contributed by atoms with Gasteiger partial charge in [-0.05, 0) is 44.7 Å². The molecule has 9 heteroatoms. The zero-order valence-electron chi connectivity index (χ0n) is 18.1. The van der Waals surface area contributed by atoms with Crippen molar-refractivity contribution in [3.63, 3.8) is 0 Å². The second-order valence-electron chi connectivity index (χ2n) is 5.49. The van der Waals surface area contributed by atoms with Crippen LogP contribution in [0, 0.1) is 0 Å². The molecule has 0 aromatic heterocycles. The lowest BCUT2D eigenvalue weighted by Crippen LogP contribution is -2.13. The number of hydrogen-bond donors (Lipinski definition) is 0. The van der Waals surface area contributed by atoms with Gasteiger partial charge in [-0.2, -0.15) is 0 Å². The van der Waals surface area contributed by atoms with E-state index >= 15 is 0 Å². The molecule has 1 rings (SSSR count). The van der Waals surface area contributed by atoms with Crippen molar-refractivity contribution >= 4 is 23.5 Å². The molecule has 0 saturated heterocycles. The van der Waals surface area contributed by atoms with Crippen LogP contribution in [-0.2, 0) is 33.3 Å². The smallest absolute Gasteiger partial charge is 0.373 e. The van der Waals surface area contributed by atoms with E-state index in [1.54, 1.807) is 31.2 Å². The minimum Gasteiger partial charge on any atom is -0.460 e. The normalized spacial score (nSPS) is 9.77. The Balaban J connectivity index is 0.000000581. The second-order valence-corrected chi connectivity index (χ2v) is 5.93. The van der Waals surface area contributed by atoms with Gasteiger partial charge in [-0.25, -0.2) is 9.59 Å². The van der Waals surface area contributed by atoms with E-state index in [4.69, 9.17) is 40.0 Å². The Hall–Kier alpha value is -2.39. The van der Waals surface area contributed by atoms with Crippen molar-refractivity contribution < 1.29 is 38.0 Å². The molecule has 0 spiro atoms. The predicted molar refractivity (Wildman–Crippen MR) is 117 cm³/mol. The zero-order chi connectivity index (χ0) is 23.3. The third kappa shape index (κ3) is 17.0. The fraction of sp³-hybridized carbons (Fsp3) is 0.455. The van der Waals surface area contributed by atoms with E-state index < -0.39 is 11.9 Å². The van der Waals surface area contributed by atoms with Gasteiger partial charge in [-0.1, -0.05) is 18.2 Å². The summed E-state index contributed by atoms with van der Waals surface area (Å²) in [7, 11) is 0. The van der Waals surface area contributed by atoms with Gasteiger partial charge in [0.1, 0.15) is 12.4 Å². The van der Waals surface area contributed by atoms with Gasteiger partial charge in [0.05, 0.1) is 39.6 Å². The molecule has 0 saturated carbocycles. The van der Waals surface area contributed by atoms with Crippen LogP contribution in [0.25, 0.3) is 0 Å². The van der Waals surface area contributed by atoms with Crippen molar-refractivity contribution in [3.8, 4) is 5.75 Å². The average Bonchev–Trinajstić information content (AvgIpc) is 2.77. The number of benzene rings is 1. The molecule has 0 aliphatic heterocycles. The molecule has 0 N–H and O–H groups in total. The largest absolute Gasteiger partial charge is 0.460 e. The third-order valence-corrected chi connectivity index (χ3v) is 3.40. The maximum Gasteiger partial charge on any atom is 0.373 e. The highest BCUT2D eigenvalue weighted by molar-refractivity contribution is 6.30. The molecule has 0 unspecified atom stereocenters. The van der Waals surface area contributed by atoms with Crippen molar-refractivity contribution in [1.29, 1.82) is 0 Å². The summed E-state index contributed by atoms with van der Waals surface area (Å²) >= 11 is 5.69. The van der Waals surface area contributed by atoms with Gasteiger partial charge in [-0.3, -0.25) is 0 Å². The molecule has 0 bridgehead atoms. The van der Waals surface area contributed by atoms with Crippen LogP contribution in [0.1, 0.15) is 13.8 Å². The van der Waals surface area contributed by atoms with Crippen LogP contribution >= 0.6 is 11.6 Å². The van der Waals surface area contributed by atoms with Crippen molar-refractivity contribution in [1.82, 2.24) is 0 Å². The first-order valence-corrected chi connectivity index (χ1v) is 10.1. The maximum absolute atomic E-state index is 11.1. The number of esters is 2. The Bertz CT molecular complexity index is 645. The molecule has 1 aromatic carbocycles. The lowest BCUT2D eigenvalue weighted by molar-refractivity contribution is -0.141. The Labute approximate surface area is 188 Å². The number of hydrogen-bond acceptors (Lipinski definition) is 8. The molecule has 0 aliphatic carbocycles. The quantitative estimate of drug-likeness (QED) is 0.170. The van der Waals surface area contributed by atoms with Crippen LogP contribution in [0.5, 0.6) is 5.75 Å². The SMILES string of the molecule is C=C(Oc1ccc(Cl)cc1)C(=O)OCC.C=CC(=O)OCCOCCOCCOCC. The van der Waals surface area contributed by atoms with Gasteiger partial charge in [-0.15, -0.1) is 0 Å². The zero-order valence-corrected chi connectivity index (χ0v) is 18.9. The average molecular weight is 459 g/mol. The van der Waals surface area contributed by atoms with Crippen LogP contribution in [0.15, 0.2) is 49.3 Å². The van der Waals surface area contributed by atoms with E-state index in [1.165, 1.54) is 0 Å². The minimum absolute atomic E-state index is 0.0424. The molecule has 174 valence electrons. The van der Waals surface area contributed by atoms with Crippen LogP contribution in [0.3, 0.4) is 0 Å². The topological polar surface area (TPSA) is 89.5 Å². The molecule has 0 amide bonds. The molecule has 0 atom stereocenters. The van der Waals surface area contributed by atoms with Crippen LogP contribution in [0.4, 0.5) is 0 Å². The number of ether oxygens (including phenoxy) is 6. The van der Waals surface area contributed by atoms with Crippen LogP contribution < -0.4 is 4.74 Å². The van der Waals surface area contributed by atoms with Crippen molar-refractivity contribution in [2.24, 2.45) is 0 Å². The molecule has 0 fully saturated rings. The summed E-state index contributed by atoms with van der Waals surface area (Å²) < 4.78 is 30.0. The first-order chi connectivity index (χ1) is 14.9. The molecule has 0 radical (unpaired) electrons. The van der Waals surface area contributed by atoms with E-state index in [9.17, 15) is 9.59 Å². The molecule has 1 aromatic rings. The fourth-order valence-corrected chi connectivity index (χ4v) is 1.87. The van der Waals surface area contributed by atoms with E-state index in [0.717, 1.165) is 6.08 Å². The van der Waals surface area contributed by atoms with Gasteiger partial charge < -0.3 is 28.4 Å². The highest BCUT2D eigenvalue weighted by atomic mass is 35.5. The Morgan fingerprint density at radius 3 is 1.94 bits per heavy atom. The number of halogens is 1. The van der Waals surface area contributed by atoms with Gasteiger partial charge >= 0.3 is 11.9 Å². The molecular weight excluding hydrogens is 428 g/mol. The summed E-state index contributed by atoms with van der Waals surface area (Å²) in [6, 6.07) is 6.62. The highest BCUT2D eigenvalue weighted by Gasteiger charge is 2.09. The van der Waals surface area contributed by atoms with Crippen LogP contribution in [-0.4, -0.2) is 64.8 Å². The number of carbonyl (C=O) groups is 2.